The molecule has 1 atom stereocenters. The average molecular weight is 335 g/mol. The van der Waals surface area contributed by atoms with Crippen LogP contribution in [0.15, 0.2) is 61.1 Å². The van der Waals surface area contributed by atoms with Crippen LogP contribution in [0.5, 0.6) is 0 Å². The molecule has 3 rings (SSSR count). The van der Waals surface area contributed by atoms with Crippen molar-refractivity contribution in [2.45, 2.75) is 45.7 Å². The maximum atomic E-state index is 12.7. The molecule has 0 fully saturated rings. The van der Waals surface area contributed by atoms with Gasteiger partial charge in [0.05, 0.1) is 0 Å². The Morgan fingerprint density at radius 2 is 1.80 bits per heavy atom. The molecule has 1 aromatic carbocycles. The Labute approximate surface area is 149 Å². The van der Waals surface area contributed by atoms with Crippen molar-refractivity contribution in [2.75, 3.05) is 0 Å². The van der Waals surface area contributed by atoms with Crippen molar-refractivity contribution in [1.82, 2.24) is 14.1 Å². The molecule has 25 heavy (non-hydrogen) atoms. The highest BCUT2D eigenvalue weighted by Crippen LogP contribution is 2.23. The fraction of sp³-hybridized carbons (Fsp3) is 0.333. The van der Waals surface area contributed by atoms with Crippen LogP contribution < -0.4 is 0 Å². The van der Waals surface area contributed by atoms with Crippen LogP contribution in [0.2, 0.25) is 0 Å². The van der Waals surface area contributed by atoms with Gasteiger partial charge in [-0.15, -0.1) is 0 Å². The van der Waals surface area contributed by atoms with Gasteiger partial charge in [-0.05, 0) is 31.5 Å². The van der Waals surface area contributed by atoms with Crippen molar-refractivity contribution in [3.05, 3.63) is 78.1 Å². The lowest BCUT2D eigenvalue weighted by Gasteiger charge is -2.16. The summed E-state index contributed by atoms with van der Waals surface area (Å²) in [5.74, 6) is 0.796. The topological polar surface area (TPSA) is 39.8 Å². The van der Waals surface area contributed by atoms with Crippen LogP contribution >= 0.6 is 0 Å². The molecular formula is C21H25N3O. The second-order valence-electron chi connectivity index (χ2n) is 6.83. The van der Waals surface area contributed by atoms with Gasteiger partial charge in [-0.2, -0.15) is 0 Å². The first-order valence-electron chi connectivity index (χ1n) is 8.81. The highest BCUT2D eigenvalue weighted by Gasteiger charge is 2.20. The van der Waals surface area contributed by atoms with E-state index in [2.05, 4.69) is 66.9 Å². The maximum absolute atomic E-state index is 12.7. The highest BCUT2D eigenvalue weighted by atomic mass is 16.1. The molecule has 3 aromatic rings. The van der Waals surface area contributed by atoms with Gasteiger partial charge in [0.25, 0.3) is 0 Å². The molecule has 0 amide bonds. The van der Waals surface area contributed by atoms with Gasteiger partial charge in [0.15, 0.2) is 11.6 Å². The Balaban J connectivity index is 1.74. The van der Waals surface area contributed by atoms with E-state index in [4.69, 9.17) is 0 Å². The minimum absolute atomic E-state index is 0.0960. The lowest BCUT2D eigenvalue weighted by Crippen LogP contribution is -2.15. The number of aromatic nitrogens is 3. The molecule has 0 saturated carbocycles. The molecule has 0 bridgehead atoms. The number of ketones is 1. The van der Waals surface area contributed by atoms with Gasteiger partial charge >= 0.3 is 0 Å². The lowest BCUT2D eigenvalue weighted by molar-refractivity contribution is 0.0959. The van der Waals surface area contributed by atoms with Crippen LogP contribution in [-0.4, -0.2) is 19.9 Å². The SMILES string of the molecule is CC(C)n1ccnc1C(=O)C[C@@H](C)c1cccn1Cc1ccccc1. The minimum atomic E-state index is 0.0960. The summed E-state index contributed by atoms with van der Waals surface area (Å²) in [6.45, 7) is 7.06. The smallest absolute Gasteiger partial charge is 0.198 e. The summed E-state index contributed by atoms with van der Waals surface area (Å²) in [4.78, 5) is 17.0. The summed E-state index contributed by atoms with van der Waals surface area (Å²) in [6, 6.07) is 14.8. The largest absolute Gasteiger partial charge is 0.347 e. The van der Waals surface area contributed by atoms with Crippen LogP contribution in [0, 0.1) is 0 Å². The summed E-state index contributed by atoms with van der Waals surface area (Å²) >= 11 is 0. The van der Waals surface area contributed by atoms with Crippen molar-refractivity contribution < 1.29 is 4.79 Å². The van der Waals surface area contributed by atoms with Crippen LogP contribution in [0.25, 0.3) is 0 Å². The molecule has 2 aromatic heterocycles. The average Bonchev–Trinajstić information content (AvgIpc) is 3.25. The molecule has 130 valence electrons. The zero-order valence-electron chi connectivity index (χ0n) is 15.1. The molecule has 0 saturated heterocycles. The van der Waals surface area contributed by atoms with E-state index in [1.165, 1.54) is 11.3 Å². The minimum Gasteiger partial charge on any atom is -0.347 e. The van der Waals surface area contributed by atoms with E-state index < -0.39 is 0 Å². The summed E-state index contributed by atoms with van der Waals surface area (Å²) in [5, 5.41) is 0. The lowest BCUT2D eigenvalue weighted by atomic mass is 10.00. The first-order valence-corrected chi connectivity index (χ1v) is 8.81. The summed E-state index contributed by atoms with van der Waals surface area (Å²) in [7, 11) is 0. The molecule has 0 aliphatic carbocycles. The van der Waals surface area contributed by atoms with E-state index in [0.29, 0.717) is 12.2 Å². The Morgan fingerprint density at radius 1 is 1.04 bits per heavy atom. The van der Waals surface area contributed by atoms with Gasteiger partial charge in [0.2, 0.25) is 0 Å². The molecule has 0 aliphatic heterocycles. The van der Waals surface area contributed by atoms with Gasteiger partial charge in [0, 0.05) is 49.2 Å². The molecule has 0 unspecified atom stereocenters. The third-order valence-corrected chi connectivity index (χ3v) is 4.53. The van der Waals surface area contributed by atoms with Crippen molar-refractivity contribution in [3.8, 4) is 0 Å². The molecule has 0 radical (unpaired) electrons. The molecule has 2 heterocycles. The van der Waals surface area contributed by atoms with E-state index in [1.807, 2.05) is 22.9 Å². The highest BCUT2D eigenvalue weighted by molar-refractivity contribution is 5.93. The summed E-state index contributed by atoms with van der Waals surface area (Å²) in [5.41, 5.74) is 2.44. The summed E-state index contributed by atoms with van der Waals surface area (Å²) in [6.07, 6.45) is 6.12. The van der Waals surface area contributed by atoms with Crippen LogP contribution in [-0.2, 0) is 6.54 Å². The van der Waals surface area contributed by atoms with Crippen molar-refractivity contribution in [1.29, 1.82) is 0 Å². The molecule has 4 nitrogen and oxygen atoms in total. The second-order valence-corrected chi connectivity index (χ2v) is 6.83. The zero-order valence-corrected chi connectivity index (χ0v) is 15.1. The van der Waals surface area contributed by atoms with Gasteiger partial charge < -0.3 is 9.13 Å². The normalized spacial score (nSPS) is 12.5. The number of hydrogen-bond acceptors (Lipinski definition) is 2. The van der Waals surface area contributed by atoms with E-state index in [-0.39, 0.29) is 17.7 Å². The predicted molar refractivity (Wildman–Crippen MR) is 100.0 cm³/mol. The van der Waals surface area contributed by atoms with E-state index in [1.54, 1.807) is 6.20 Å². The molecule has 0 N–H and O–H groups in total. The van der Waals surface area contributed by atoms with Crippen molar-refractivity contribution in [3.63, 3.8) is 0 Å². The Hall–Kier alpha value is -2.62. The number of carbonyl (C=O) groups is 1. The molecule has 0 aliphatic rings. The van der Waals surface area contributed by atoms with Gasteiger partial charge in [0.1, 0.15) is 0 Å². The fourth-order valence-corrected chi connectivity index (χ4v) is 3.22. The zero-order chi connectivity index (χ0) is 17.8. The number of Topliss-reactive ketones (excluding diaryl/α,β-unsaturated/α-hetero) is 1. The van der Waals surface area contributed by atoms with E-state index in [9.17, 15) is 4.79 Å². The third kappa shape index (κ3) is 3.90. The number of rotatable bonds is 7. The predicted octanol–water partition coefficient (Wildman–Crippen LogP) is 4.69. The standard InChI is InChI=1S/C21H25N3O/c1-16(2)24-13-11-22-21(24)20(25)14-17(3)19-10-7-12-23(19)15-18-8-5-4-6-9-18/h4-13,16-17H,14-15H2,1-3H3/t17-/m1/s1. The van der Waals surface area contributed by atoms with Gasteiger partial charge in [-0.3, -0.25) is 4.79 Å². The quantitative estimate of drug-likeness (QED) is 0.588. The first-order chi connectivity index (χ1) is 12.1. The second kappa shape index (κ2) is 7.51. The number of imidazole rings is 1. The third-order valence-electron chi connectivity index (χ3n) is 4.53. The van der Waals surface area contributed by atoms with E-state index >= 15 is 0 Å². The van der Waals surface area contributed by atoms with Crippen LogP contribution in [0.3, 0.4) is 0 Å². The number of carbonyl (C=O) groups excluding carboxylic acids is 1. The number of benzene rings is 1. The first kappa shape index (κ1) is 17.2. The maximum Gasteiger partial charge on any atom is 0.198 e. The Morgan fingerprint density at radius 3 is 2.52 bits per heavy atom. The Kier molecular flexibility index (Phi) is 5.17. The molecule has 4 heteroatoms. The van der Waals surface area contributed by atoms with E-state index in [0.717, 1.165) is 6.54 Å². The number of nitrogens with zero attached hydrogens (tertiary/aromatic N) is 3. The number of hydrogen-bond donors (Lipinski definition) is 0. The van der Waals surface area contributed by atoms with Crippen molar-refractivity contribution >= 4 is 5.78 Å². The fourth-order valence-electron chi connectivity index (χ4n) is 3.22. The van der Waals surface area contributed by atoms with Crippen LogP contribution in [0.1, 0.15) is 61.0 Å². The van der Waals surface area contributed by atoms with Crippen molar-refractivity contribution in [2.24, 2.45) is 0 Å². The van der Waals surface area contributed by atoms with Crippen LogP contribution in [0.4, 0.5) is 0 Å². The molecule has 0 spiro atoms. The molecular weight excluding hydrogens is 310 g/mol. The Bertz CT molecular complexity index is 830. The van der Waals surface area contributed by atoms with Gasteiger partial charge in [-0.1, -0.05) is 37.3 Å². The monoisotopic (exact) mass is 335 g/mol. The summed E-state index contributed by atoms with van der Waals surface area (Å²) < 4.78 is 4.17. The van der Waals surface area contributed by atoms with Gasteiger partial charge in [-0.25, -0.2) is 4.98 Å².